The first-order valence-corrected chi connectivity index (χ1v) is 9.24. The summed E-state index contributed by atoms with van der Waals surface area (Å²) < 4.78 is 4.90. The lowest BCUT2D eigenvalue weighted by Gasteiger charge is -2.44. The summed E-state index contributed by atoms with van der Waals surface area (Å²) >= 11 is 0. The maximum absolute atomic E-state index is 4.90. The van der Waals surface area contributed by atoms with Gasteiger partial charge in [-0.05, 0) is 38.0 Å². The highest BCUT2D eigenvalue weighted by molar-refractivity contribution is 5.80. The molecular formula is C18H30N4O. The van der Waals surface area contributed by atoms with E-state index in [1.807, 2.05) is 6.07 Å². The number of nitrogens with zero attached hydrogens (tertiary/aromatic N) is 3. The van der Waals surface area contributed by atoms with E-state index in [2.05, 4.69) is 22.3 Å². The minimum absolute atomic E-state index is 0.527. The Morgan fingerprint density at radius 1 is 1.26 bits per heavy atom. The Morgan fingerprint density at radius 2 is 2.04 bits per heavy atom. The van der Waals surface area contributed by atoms with Gasteiger partial charge in [-0.25, -0.2) is 4.99 Å². The van der Waals surface area contributed by atoms with Crippen LogP contribution >= 0.6 is 0 Å². The minimum atomic E-state index is 0.527. The molecule has 2 aliphatic rings. The Kier molecular flexibility index (Phi) is 5.57. The molecule has 1 aliphatic carbocycles. The second-order valence-corrected chi connectivity index (χ2v) is 7.10. The number of likely N-dealkylation sites (tertiary alicyclic amines) is 1. The van der Waals surface area contributed by atoms with Crippen LogP contribution in [0.2, 0.25) is 0 Å². The molecule has 5 heteroatoms. The van der Waals surface area contributed by atoms with Crippen molar-refractivity contribution in [3.8, 4) is 0 Å². The van der Waals surface area contributed by atoms with Gasteiger partial charge < -0.3 is 14.7 Å². The number of rotatable bonds is 3. The Bertz CT molecular complexity index is 489. The number of hydrogen-bond acceptors (Lipinski definition) is 3. The first-order valence-electron chi connectivity index (χ1n) is 9.24. The van der Waals surface area contributed by atoms with Crippen LogP contribution in [0.4, 0.5) is 0 Å². The molecule has 1 aromatic rings. The molecule has 5 nitrogen and oxygen atoms in total. The molecule has 0 atom stereocenters. The van der Waals surface area contributed by atoms with Crippen molar-refractivity contribution in [3.05, 3.63) is 18.0 Å². The summed E-state index contributed by atoms with van der Waals surface area (Å²) in [6, 6.07) is 1.88. The van der Waals surface area contributed by atoms with Crippen molar-refractivity contribution in [1.82, 2.24) is 15.4 Å². The van der Waals surface area contributed by atoms with Gasteiger partial charge in [-0.2, -0.15) is 0 Å². The molecule has 1 saturated heterocycles. The minimum Gasteiger partial charge on any atom is -0.364 e. The van der Waals surface area contributed by atoms with Gasteiger partial charge in [-0.1, -0.05) is 30.8 Å². The third-order valence-corrected chi connectivity index (χ3v) is 5.34. The van der Waals surface area contributed by atoms with Crippen molar-refractivity contribution in [2.45, 2.75) is 64.8 Å². The zero-order valence-electron chi connectivity index (χ0n) is 14.4. The van der Waals surface area contributed by atoms with Crippen LogP contribution in [0.1, 0.15) is 64.0 Å². The van der Waals surface area contributed by atoms with Gasteiger partial charge >= 0.3 is 0 Å². The van der Waals surface area contributed by atoms with Crippen LogP contribution in [0.3, 0.4) is 0 Å². The van der Waals surface area contributed by atoms with Crippen LogP contribution in [-0.4, -0.2) is 35.7 Å². The van der Waals surface area contributed by atoms with Gasteiger partial charge in [0, 0.05) is 25.7 Å². The van der Waals surface area contributed by atoms with E-state index in [4.69, 9.17) is 9.52 Å². The second-order valence-electron chi connectivity index (χ2n) is 7.10. The Balaban J connectivity index is 1.69. The Morgan fingerprint density at radius 3 is 2.74 bits per heavy atom. The van der Waals surface area contributed by atoms with Crippen molar-refractivity contribution < 1.29 is 4.52 Å². The first kappa shape index (κ1) is 16.3. The maximum Gasteiger partial charge on any atom is 0.194 e. The highest BCUT2D eigenvalue weighted by Gasteiger charge is 2.36. The third kappa shape index (κ3) is 4.27. The molecule has 1 spiro atoms. The average molecular weight is 318 g/mol. The van der Waals surface area contributed by atoms with Crippen LogP contribution in [-0.2, 0) is 6.54 Å². The van der Waals surface area contributed by atoms with E-state index in [0.29, 0.717) is 12.0 Å². The average Bonchev–Trinajstić information content (AvgIpc) is 2.99. The lowest BCUT2D eigenvalue weighted by Crippen LogP contribution is -2.50. The van der Waals surface area contributed by atoms with E-state index in [-0.39, 0.29) is 0 Å². The van der Waals surface area contributed by atoms with Crippen LogP contribution in [0.25, 0.3) is 0 Å². The molecule has 2 fully saturated rings. The van der Waals surface area contributed by atoms with Crippen molar-refractivity contribution in [2.24, 2.45) is 10.4 Å². The smallest absolute Gasteiger partial charge is 0.194 e. The van der Waals surface area contributed by atoms with Gasteiger partial charge in [0.05, 0.1) is 6.54 Å². The molecule has 0 aromatic carbocycles. The lowest BCUT2D eigenvalue weighted by atomic mass is 9.74. The normalized spacial score (nSPS) is 22.1. The third-order valence-electron chi connectivity index (χ3n) is 5.34. The molecule has 0 amide bonds. The molecule has 128 valence electrons. The van der Waals surface area contributed by atoms with Gasteiger partial charge in [-0.15, -0.1) is 0 Å². The van der Waals surface area contributed by atoms with E-state index < -0.39 is 0 Å². The Hall–Kier alpha value is -1.52. The molecule has 3 rings (SSSR count). The van der Waals surface area contributed by atoms with E-state index >= 15 is 0 Å². The summed E-state index contributed by atoms with van der Waals surface area (Å²) in [4.78, 5) is 7.27. The summed E-state index contributed by atoms with van der Waals surface area (Å²) in [7, 11) is 0. The quantitative estimate of drug-likeness (QED) is 0.684. The van der Waals surface area contributed by atoms with Gasteiger partial charge in [0.1, 0.15) is 12.0 Å². The molecule has 2 heterocycles. The molecule has 1 aromatic heterocycles. The highest BCUT2D eigenvalue weighted by Crippen LogP contribution is 2.42. The Labute approximate surface area is 139 Å². The molecule has 0 radical (unpaired) electrons. The maximum atomic E-state index is 4.90. The largest absolute Gasteiger partial charge is 0.364 e. The highest BCUT2D eigenvalue weighted by atomic mass is 16.5. The van der Waals surface area contributed by atoms with Crippen molar-refractivity contribution >= 4 is 5.96 Å². The second kappa shape index (κ2) is 7.84. The van der Waals surface area contributed by atoms with Crippen molar-refractivity contribution in [1.29, 1.82) is 0 Å². The number of aliphatic imine (C=N–C) groups is 1. The summed E-state index contributed by atoms with van der Waals surface area (Å²) in [6.07, 6.45) is 12.7. The van der Waals surface area contributed by atoms with Crippen LogP contribution in [0.5, 0.6) is 0 Å². The van der Waals surface area contributed by atoms with E-state index in [9.17, 15) is 0 Å². The molecule has 23 heavy (non-hydrogen) atoms. The van der Waals surface area contributed by atoms with E-state index in [1.54, 1.807) is 6.26 Å². The first-order chi connectivity index (χ1) is 11.3. The SMILES string of the molecule is CCNC(=NCc1ccon1)N1CCCC2(CCCCCC2)C1. The molecule has 1 N–H and O–H groups in total. The lowest BCUT2D eigenvalue weighted by molar-refractivity contribution is 0.115. The van der Waals surface area contributed by atoms with E-state index in [1.165, 1.54) is 51.4 Å². The topological polar surface area (TPSA) is 53.7 Å². The van der Waals surface area contributed by atoms with Crippen molar-refractivity contribution in [3.63, 3.8) is 0 Å². The van der Waals surface area contributed by atoms with Gasteiger partial charge in [-0.3, -0.25) is 0 Å². The number of aromatic nitrogens is 1. The fourth-order valence-corrected chi connectivity index (χ4v) is 4.18. The zero-order valence-corrected chi connectivity index (χ0v) is 14.4. The van der Waals surface area contributed by atoms with Crippen LogP contribution in [0, 0.1) is 5.41 Å². The number of guanidine groups is 1. The fraction of sp³-hybridized carbons (Fsp3) is 0.778. The monoisotopic (exact) mass is 318 g/mol. The molecule has 0 unspecified atom stereocenters. The van der Waals surface area contributed by atoms with Gasteiger partial charge in [0.25, 0.3) is 0 Å². The molecule has 0 bridgehead atoms. The standard InChI is InChI=1S/C18H30N4O/c1-2-19-17(20-14-16-8-13-23-21-16)22-12-7-11-18(15-22)9-5-3-4-6-10-18/h8,13H,2-7,9-12,14-15H2,1H3,(H,19,20). The summed E-state index contributed by atoms with van der Waals surface area (Å²) in [5.41, 5.74) is 1.42. The summed E-state index contributed by atoms with van der Waals surface area (Å²) in [5, 5.41) is 7.43. The fourth-order valence-electron chi connectivity index (χ4n) is 4.18. The summed E-state index contributed by atoms with van der Waals surface area (Å²) in [5.74, 6) is 1.04. The predicted molar refractivity (Wildman–Crippen MR) is 92.3 cm³/mol. The van der Waals surface area contributed by atoms with Crippen LogP contribution in [0.15, 0.2) is 21.8 Å². The zero-order chi connectivity index (χ0) is 16.0. The number of piperidine rings is 1. The predicted octanol–water partition coefficient (Wildman–Crippen LogP) is 3.58. The van der Waals surface area contributed by atoms with Crippen molar-refractivity contribution in [2.75, 3.05) is 19.6 Å². The summed E-state index contributed by atoms with van der Waals surface area (Å²) in [6.45, 7) is 5.91. The van der Waals surface area contributed by atoms with Gasteiger partial charge in [0.2, 0.25) is 0 Å². The molecule has 1 aliphatic heterocycles. The number of nitrogens with one attached hydrogen (secondary N) is 1. The van der Waals surface area contributed by atoms with Crippen LogP contribution < -0.4 is 5.32 Å². The number of hydrogen-bond donors (Lipinski definition) is 1. The van der Waals surface area contributed by atoms with Gasteiger partial charge in [0.15, 0.2) is 5.96 Å². The molecule has 1 saturated carbocycles. The van der Waals surface area contributed by atoms with E-state index in [0.717, 1.165) is 31.3 Å². The molecular weight excluding hydrogens is 288 g/mol.